The number of rotatable bonds is 4. The molecule has 1 unspecified atom stereocenters. The van der Waals surface area contributed by atoms with Crippen molar-refractivity contribution in [2.24, 2.45) is 5.84 Å². The van der Waals surface area contributed by atoms with Crippen LogP contribution in [-0.4, -0.2) is 0 Å². The quantitative estimate of drug-likeness (QED) is 0.417. The van der Waals surface area contributed by atoms with Gasteiger partial charge in [-0.05, 0) is 83.0 Å². The van der Waals surface area contributed by atoms with E-state index in [0.29, 0.717) is 6.42 Å². The first-order chi connectivity index (χ1) is 9.51. The lowest BCUT2D eigenvalue weighted by Crippen LogP contribution is -2.30. The third-order valence-electron chi connectivity index (χ3n) is 3.27. The molecule has 0 heterocycles. The van der Waals surface area contributed by atoms with Gasteiger partial charge in [0.2, 0.25) is 0 Å². The number of halogens is 3. The summed E-state index contributed by atoms with van der Waals surface area (Å²) in [5.74, 6) is 5.47. The van der Waals surface area contributed by atoms with E-state index in [9.17, 15) is 4.39 Å². The molecule has 0 fully saturated rings. The van der Waals surface area contributed by atoms with E-state index in [0.717, 1.165) is 24.7 Å². The molecule has 106 valence electrons. The number of hydrogen-bond donors (Lipinski definition) is 2. The van der Waals surface area contributed by atoms with Gasteiger partial charge < -0.3 is 0 Å². The predicted octanol–water partition coefficient (Wildman–Crippen LogP) is 4.25. The maximum absolute atomic E-state index is 13.4. The molecule has 20 heavy (non-hydrogen) atoms. The molecule has 0 amide bonds. The molecule has 2 aromatic carbocycles. The van der Waals surface area contributed by atoms with Crippen molar-refractivity contribution in [1.82, 2.24) is 5.43 Å². The highest BCUT2D eigenvalue weighted by molar-refractivity contribution is 14.1. The van der Waals surface area contributed by atoms with Gasteiger partial charge in [0.25, 0.3) is 0 Å². The Bertz CT molecular complexity index is 619. The molecule has 0 spiro atoms. The fourth-order valence-electron chi connectivity index (χ4n) is 2.12. The second kappa shape index (κ2) is 6.98. The van der Waals surface area contributed by atoms with Crippen LogP contribution in [0.2, 0.25) is 0 Å². The van der Waals surface area contributed by atoms with Crippen LogP contribution >= 0.6 is 38.5 Å². The Morgan fingerprint density at radius 1 is 1.30 bits per heavy atom. The zero-order valence-corrected chi connectivity index (χ0v) is 14.7. The highest BCUT2D eigenvalue weighted by Crippen LogP contribution is 2.28. The minimum Gasteiger partial charge on any atom is -0.271 e. The lowest BCUT2D eigenvalue weighted by atomic mass is 9.96. The van der Waals surface area contributed by atoms with Gasteiger partial charge in [-0.2, -0.15) is 0 Å². The Balaban J connectivity index is 2.33. The van der Waals surface area contributed by atoms with Crippen LogP contribution in [-0.2, 0) is 6.42 Å². The molecule has 2 nitrogen and oxygen atoms in total. The third-order valence-corrected chi connectivity index (χ3v) is 4.66. The van der Waals surface area contributed by atoms with Gasteiger partial charge >= 0.3 is 0 Å². The molecule has 0 saturated heterocycles. The summed E-state index contributed by atoms with van der Waals surface area (Å²) in [6.07, 6.45) is 0.638. The molecule has 0 aliphatic carbocycles. The van der Waals surface area contributed by atoms with Gasteiger partial charge in [0.05, 0.1) is 6.04 Å². The van der Waals surface area contributed by atoms with E-state index in [2.05, 4.69) is 50.0 Å². The van der Waals surface area contributed by atoms with E-state index >= 15 is 0 Å². The second-order valence-electron chi connectivity index (χ2n) is 4.66. The van der Waals surface area contributed by atoms with Crippen molar-refractivity contribution in [3.63, 3.8) is 0 Å². The Labute approximate surface area is 140 Å². The normalized spacial score (nSPS) is 12.4. The number of benzene rings is 2. The number of hydrazine groups is 1. The predicted molar refractivity (Wildman–Crippen MR) is 91.8 cm³/mol. The number of nitrogens with one attached hydrogen (secondary N) is 1. The van der Waals surface area contributed by atoms with Crippen molar-refractivity contribution in [1.29, 1.82) is 0 Å². The van der Waals surface area contributed by atoms with Crippen molar-refractivity contribution >= 4 is 38.5 Å². The lowest BCUT2D eigenvalue weighted by molar-refractivity contribution is 0.545. The van der Waals surface area contributed by atoms with Crippen LogP contribution in [0.25, 0.3) is 0 Å². The molecule has 1 atom stereocenters. The van der Waals surface area contributed by atoms with Crippen molar-refractivity contribution in [2.45, 2.75) is 19.4 Å². The summed E-state index contributed by atoms with van der Waals surface area (Å²) >= 11 is 5.81. The van der Waals surface area contributed by atoms with E-state index in [1.165, 1.54) is 6.07 Å². The van der Waals surface area contributed by atoms with Gasteiger partial charge in [0.15, 0.2) is 0 Å². The molecule has 3 N–H and O–H groups in total. The van der Waals surface area contributed by atoms with Crippen LogP contribution in [0.4, 0.5) is 4.39 Å². The van der Waals surface area contributed by atoms with Crippen molar-refractivity contribution in [2.75, 3.05) is 0 Å². The number of nitrogens with two attached hydrogens (primary N) is 1. The monoisotopic (exact) mass is 448 g/mol. The highest BCUT2D eigenvalue weighted by atomic mass is 127. The molecule has 0 aliphatic heterocycles. The molecule has 0 aliphatic rings. The standard InChI is InChI=1S/C15H15BrFIN2/c1-9-2-3-11(17)6-10(9)7-15(20-19)13-8-12(18)4-5-14(13)16/h2-6,8,15,20H,7,19H2,1H3. The van der Waals surface area contributed by atoms with E-state index in [1.807, 2.05) is 19.1 Å². The summed E-state index contributed by atoms with van der Waals surface area (Å²) in [6.45, 7) is 1.98. The first-order valence-corrected chi connectivity index (χ1v) is 8.04. The molecule has 2 rings (SSSR count). The summed E-state index contributed by atoms with van der Waals surface area (Å²) in [5, 5.41) is 0. The summed E-state index contributed by atoms with van der Waals surface area (Å²) in [4.78, 5) is 0. The maximum Gasteiger partial charge on any atom is 0.123 e. The largest absolute Gasteiger partial charge is 0.271 e. The SMILES string of the molecule is Cc1ccc(F)cc1CC(NN)c1cc(I)ccc1Br. The fourth-order valence-corrected chi connectivity index (χ4v) is 3.16. The molecule has 0 aromatic heterocycles. The Kier molecular flexibility index (Phi) is 5.54. The van der Waals surface area contributed by atoms with Gasteiger partial charge in [0.1, 0.15) is 5.82 Å². The van der Waals surface area contributed by atoms with Gasteiger partial charge in [-0.25, -0.2) is 4.39 Å². The molecule has 5 heteroatoms. The Morgan fingerprint density at radius 3 is 2.75 bits per heavy atom. The minimum atomic E-state index is -0.219. The smallest absolute Gasteiger partial charge is 0.123 e. The Morgan fingerprint density at radius 2 is 2.05 bits per heavy atom. The summed E-state index contributed by atoms with van der Waals surface area (Å²) in [7, 11) is 0. The number of aryl methyl sites for hydroxylation is 1. The van der Waals surface area contributed by atoms with Crippen LogP contribution in [0.3, 0.4) is 0 Å². The molecule has 0 radical (unpaired) electrons. The van der Waals surface area contributed by atoms with Crippen LogP contribution in [0, 0.1) is 16.3 Å². The zero-order chi connectivity index (χ0) is 14.7. The van der Waals surface area contributed by atoms with E-state index in [4.69, 9.17) is 5.84 Å². The van der Waals surface area contributed by atoms with Crippen molar-refractivity contribution < 1.29 is 4.39 Å². The van der Waals surface area contributed by atoms with E-state index in [-0.39, 0.29) is 11.9 Å². The fraction of sp³-hybridized carbons (Fsp3) is 0.200. The first kappa shape index (κ1) is 15.9. The topological polar surface area (TPSA) is 38.0 Å². The molecular weight excluding hydrogens is 434 g/mol. The van der Waals surface area contributed by atoms with Gasteiger partial charge in [-0.3, -0.25) is 11.3 Å². The van der Waals surface area contributed by atoms with Crippen molar-refractivity contribution in [3.8, 4) is 0 Å². The summed E-state index contributed by atoms with van der Waals surface area (Å²) in [5.41, 5.74) is 5.92. The third kappa shape index (κ3) is 3.78. The van der Waals surface area contributed by atoms with E-state index < -0.39 is 0 Å². The Hall–Kier alpha value is -0.500. The molecule has 0 saturated carbocycles. The second-order valence-corrected chi connectivity index (χ2v) is 6.76. The van der Waals surface area contributed by atoms with Crippen LogP contribution < -0.4 is 11.3 Å². The average Bonchev–Trinajstić information content (AvgIpc) is 2.42. The maximum atomic E-state index is 13.4. The number of hydrogen-bond acceptors (Lipinski definition) is 2. The summed E-state index contributed by atoms with van der Waals surface area (Å²) < 4.78 is 15.5. The van der Waals surface area contributed by atoms with Gasteiger partial charge in [-0.15, -0.1) is 0 Å². The molecular formula is C15H15BrFIN2. The average molecular weight is 449 g/mol. The summed E-state index contributed by atoms with van der Waals surface area (Å²) in [6, 6.07) is 10.9. The zero-order valence-electron chi connectivity index (χ0n) is 11.0. The minimum absolute atomic E-state index is 0.0698. The lowest BCUT2D eigenvalue weighted by Gasteiger charge is -2.19. The van der Waals surface area contributed by atoms with Gasteiger partial charge in [-0.1, -0.05) is 22.0 Å². The van der Waals surface area contributed by atoms with Gasteiger partial charge in [0, 0.05) is 8.04 Å². The highest BCUT2D eigenvalue weighted by Gasteiger charge is 2.15. The van der Waals surface area contributed by atoms with Crippen LogP contribution in [0.1, 0.15) is 22.7 Å². The van der Waals surface area contributed by atoms with Crippen LogP contribution in [0.15, 0.2) is 40.9 Å². The first-order valence-electron chi connectivity index (χ1n) is 6.17. The molecule has 0 bridgehead atoms. The van der Waals surface area contributed by atoms with E-state index in [1.54, 1.807) is 12.1 Å². The molecule has 2 aromatic rings. The van der Waals surface area contributed by atoms with Crippen molar-refractivity contribution in [3.05, 3.63) is 66.9 Å². The van der Waals surface area contributed by atoms with Crippen LogP contribution in [0.5, 0.6) is 0 Å².